The quantitative estimate of drug-likeness (QED) is 0.776. The highest BCUT2D eigenvalue weighted by molar-refractivity contribution is 7.89. The molecular weight excluding hydrogens is 372 g/mol. The molecule has 9 heteroatoms. The number of nitrogens with one attached hydrogen (secondary N) is 2. The van der Waals surface area contributed by atoms with Crippen molar-refractivity contribution in [3.8, 4) is 0 Å². The van der Waals surface area contributed by atoms with E-state index < -0.39 is 15.9 Å². The van der Waals surface area contributed by atoms with E-state index in [2.05, 4.69) is 15.4 Å². The van der Waals surface area contributed by atoms with E-state index in [1.165, 1.54) is 39.3 Å². The number of sulfonamides is 1. The Morgan fingerprint density at radius 1 is 1.19 bits per heavy atom. The van der Waals surface area contributed by atoms with Gasteiger partial charge in [-0.1, -0.05) is 12.8 Å². The van der Waals surface area contributed by atoms with Gasteiger partial charge >= 0.3 is 0 Å². The lowest BCUT2D eigenvalue weighted by Crippen LogP contribution is -2.41. The van der Waals surface area contributed by atoms with E-state index in [0.29, 0.717) is 16.3 Å². The number of carbonyl (C=O) groups is 1. The summed E-state index contributed by atoms with van der Waals surface area (Å²) in [6.07, 6.45) is 6.70. The SMILES string of the molecule is Cc1nn(C)c(C)c1S(=O)(=O)NNC(=O)c1cc2c(s1)CCCCCC2. The monoisotopic (exact) mass is 396 g/mol. The summed E-state index contributed by atoms with van der Waals surface area (Å²) in [5, 5.41) is 4.11. The van der Waals surface area contributed by atoms with Crippen molar-refractivity contribution in [2.45, 2.75) is 57.3 Å². The van der Waals surface area contributed by atoms with Crippen LogP contribution in [-0.2, 0) is 29.9 Å². The summed E-state index contributed by atoms with van der Waals surface area (Å²) in [6.45, 7) is 3.30. The second kappa shape index (κ2) is 7.50. The summed E-state index contributed by atoms with van der Waals surface area (Å²) in [4.78, 5) is 16.5. The minimum Gasteiger partial charge on any atom is -0.273 e. The van der Waals surface area contributed by atoms with Gasteiger partial charge in [-0.2, -0.15) is 5.10 Å². The molecule has 1 aliphatic rings. The molecule has 0 bridgehead atoms. The van der Waals surface area contributed by atoms with Crippen LogP contribution in [0, 0.1) is 13.8 Å². The van der Waals surface area contributed by atoms with E-state index >= 15 is 0 Å². The molecule has 26 heavy (non-hydrogen) atoms. The van der Waals surface area contributed by atoms with Gasteiger partial charge in [0, 0.05) is 11.9 Å². The Balaban J connectivity index is 1.73. The summed E-state index contributed by atoms with van der Waals surface area (Å²) >= 11 is 1.46. The van der Waals surface area contributed by atoms with E-state index in [1.807, 2.05) is 6.07 Å². The molecule has 0 aliphatic heterocycles. The van der Waals surface area contributed by atoms with Crippen LogP contribution in [0.2, 0.25) is 0 Å². The summed E-state index contributed by atoms with van der Waals surface area (Å²) < 4.78 is 26.6. The second-order valence-corrected chi connectivity index (χ2v) is 9.41. The van der Waals surface area contributed by atoms with Crippen molar-refractivity contribution in [1.29, 1.82) is 0 Å². The molecule has 0 saturated heterocycles. The van der Waals surface area contributed by atoms with E-state index in [9.17, 15) is 13.2 Å². The number of aryl methyl sites for hydroxylation is 4. The Hall–Kier alpha value is -1.71. The molecular formula is C17H24N4O3S2. The Kier molecular flexibility index (Phi) is 5.50. The number of thiophene rings is 1. The third kappa shape index (κ3) is 3.84. The molecule has 142 valence electrons. The highest BCUT2D eigenvalue weighted by atomic mass is 32.2. The number of hydrogen-bond acceptors (Lipinski definition) is 5. The zero-order valence-electron chi connectivity index (χ0n) is 15.3. The van der Waals surface area contributed by atoms with E-state index in [4.69, 9.17) is 0 Å². The first kappa shape index (κ1) is 19.1. The fraction of sp³-hybridized carbons (Fsp3) is 0.529. The van der Waals surface area contributed by atoms with Gasteiger partial charge in [-0.15, -0.1) is 16.2 Å². The molecule has 0 atom stereocenters. The molecule has 0 spiro atoms. The number of nitrogens with zero attached hydrogens (tertiary/aromatic N) is 2. The van der Waals surface area contributed by atoms with Crippen LogP contribution in [0.25, 0.3) is 0 Å². The lowest BCUT2D eigenvalue weighted by Gasteiger charge is -2.08. The number of carbonyl (C=O) groups excluding carboxylic acids is 1. The van der Waals surface area contributed by atoms with Crippen molar-refractivity contribution in [1.82, 2.24) is 20.0 Å². The average molecular weight is 397 g/mol. The minimum atomic E-state index is -3.88. The lowest BCUT2D eigenvalue weighted by molar-refractivity contribution is 0.0949. The average Bonchev–Trinajstić information content (AvgIpc) is 3.06. The molecule has 2 aromatic heterocycles. The Morgan fingerprint density at radius 3 is 2.54 bits per heavy atom. The molecule has 0 aromatic carbocycles. The fourth-order valence-corrected chi connectivity index (χ4v) is 5.75. The smallest absolute Gasteiger partial charge is 0.273 e. The van der Waals surface area contributed by atoms with Crippen molar-refractivity contribution in [3.05, 3.63) is 32.8 Å². The third-order valence-electron chi connectivity index (χ3n) is 4.73. The van der Waals surface area contributed by atoms with Gasteiger partial charge in [0.25, 0.3) is 15.9 Å². The third-order valence-corrected chi connectivity index (χ3v) is 7.47. The summed E-state index contributed by atoms with van der Waals surface area (Å²) in [5.74, 6) is -0.426. The van der Waals surface area contributed by atoms with Crippen LogP contribution >= 0.6 is 11.3 Å². The normalized spacial score (nSPS) is 15.2. The fourth-order valence-electron chi connectivity index (χ4n) is 3.33. The number of hydrogen-bond donors (Lipinski definition) is 2. The molecule has 1 amide bonds. The maximum atomic E-state index is 12.5. The predicted octanol–water partition coefficient (Wildman–Crippen LogP) is 2.38. The van der Waals surface area contributed by atoms with E-state index in [-0.39, 0.29) is 4.90 Å². The van der Waals surface area contributed by atoms with Gasteiger partial charge in [0.2, 0.25) is 0 Å². The highest BCUT2D eigenvalue weighted by Gasteiger charge is 2.25. The van der Waals surface area contributed by atoms with Crippen molar-refractivity contribution >= 4 is 27.3 Å². The van der Waals surface area contributed by atoms with Gasteiger partial charge in [0.05, 0.1) is 16.3 Å². The standard InChI is InChI=1S/C17H24N4O3S2/c1-11-16(12(2)21(3)19-11)26(23,24)20-18-17(22)15-10-13-8-6-4-5-7-9-14(13)25-15/h10,20H,4-9H2,1-3H3,(H,18,22). The largest absolute Gasteiger partial charge is 0.276 e. The number of aromatic nitrogens is 2. The van der Waals surface area contributed by atoms with Crippen molar-refractivity contribution in [2.75, 3.05) is 0 Å². The molecule has 0 unspecified atom stereocenters. The molecule has 2 N–H and O–H groups in total. The molecule has 1 aliphatic carbocycles. The van der Waals surface area contributed by atoms with Gasteiger partial charge in [-0.05, 0) is 51.2 Å². The first-order valence-corrected chi connectivity index (χ1v) is 11.0. The Labute approximate surface area is 157 Å². The highest BCUT2D eigenvalue weighted by Crippen LogP contribution is 2.28. The van der Waals surface area contributed by atoms with Crippen LogP contribution in [0.15, 0.2) is 11.0 Å². The number of amides is 1. The van der Waals surface area contributed by atoms with Crippen LogP contribution in [-0.4, -0.2) is 24.1 Å². The van der Waals surface area contributed by atoms with Crippen molar-refractivity contribution < 1.29 is 13.2 Å². The van der Waals surface area contributed by atoms with Crippen LogP contribution in [0.5, 0.6) is 0 Å². The van der Waals surface area contributed by atoms with Gasteiger partial charge < -0.3 is 0 Å². The predicted molar refractivity (Wildman–Crippen MR) is 101 cm³/mol. The second-order valence-electron chi connectivity index (χ2n) is 6.66. The maximum Gasteiger partial charge on any atom is 0.276 e. The Morgan fingerprint density at radius 2 is 1.88 bits per heavy atom. The molecule has 0 saturated carbocycles. The summed E-state index contributed by atoms with van der Waals surface area (Å²) in [6, 6.07) is 1.90. The van der Waals surface area contributed by atoms with E-state index in [0.717, 1.165) is 25.7 Å². The zero-order valence-corrected chi connectivity index (χ0v) is 16.9. The van der Waals surface area contributed by atoms with Crippen molar-refractivity contribution in [2.24, 2.45) is 7.05 Å². The molecule has 7 nitrogen and oxygen atoms in total. The summed E-state index contributed by atoms with van der Waals surface area (Å²) in [7, 11) is -2.20. The molecule has 2 heterocycles. The molecule has 0 fully saturated rings. The lowest BCUT2D eigenvalue weighted by atomic mass is 10.00. The molecule has 0 radical (unpaired) electrons. The van der Waals surface area contributed by atoms with Crippen LogP contribution in [0.4, 0.5) is 0 Å². The van der Waals surface area contributed by atoms with Gasteiger partial charge in [0.1, 0.15) is 4.90 Å². The van der Waals surface area contributed by atoms with Crippen LogP contribution in [0.1, 0.15) is 57.2 Å². The number of rotatable bonds is 4. The first-order chi connectivity index (χ1) is 12.3. The minimum absolute atomic E-state index is 0.0961. The van der Waals surface area contributed by atoms with Crippen LogP contribution < -0.4 is 10.3 Å². The maximum absolute atomic E-state index is 12.5. The molecule has 3 rings (SSSR count). The van der Waals surface area contributed by atoms with Crippen molar-refractivity contribution in [3.63, 3.8) is 0 Å². The zero-order chi connectivity index (χ0) is 18.9. The number of fused-ring (bicyclic) bond motifs is 1. The Bertz CT molecular complexity index is 903. The first-order valence-electron chi connectivity index (χ1n) is 8.73. The van der Waals surface area contributed by atoms with Gasteiger partial charge in [0.15, 0.2) is 0 Å². The topological polar surface area (TPSA) is 93.1 Å². The molecule has 2 aromatic rings. The van der Waals surface area contributed by atoms with E-state index in [1.54, 1.807) is 20.9 Å². The van der Waals surface area contributed by atoms with Gasteiger partial charge in [-0.25, -0.2) is 8.42 Å². The van der Waals surface area contributed by atoms with Crippen LogP contribution in [0.3, 0.4) is 0 Å². The number of hydrazine groups is 1. The summed E-state index contributed by atoms with van der Waals surface area (Å²) in [5.41, 5.74) is 4.47. The van der Waals surface area contributed by atoms with Gasteiger partial charge in [-0.3, -0.25) is 14.9 Å².